The molecule has 6 N–H and O–H groups in total. The van der Waals surface area contributed by atoms with Crippen LogP contribution in [0.15, 0.2) is 78.8 Å². The molecule has 22 nitrogen and oxygen atoms in total. The van der Waals surface area contributed by atoms with Gasteiger partial charge in [-0.25, -0.2) is 19.3 Å². The normalized spacial score (nSPS) is 17.6. The van der Waals surface area contributed by atoms with Crippen LogP contribution in [0.4, 0.5) is 17.6 Å². The molecule has 0 unspecified atom stereocenters. The molecule has 5 atom stereocenters. The number of hydrogen-bond acceptors (Lipinski definition) is 16. The van der Waals surface area contributed by atoms with Gasteiger partial charge in [0, 0.05) is 63.5 Å². The topological polar surface area (TPSA) is 281 Å². The number of imidazole rings is 1. The van der Waals surface area contributed by atoms with E-state index >= 15 is 4.39 Å². The van der Waals surface area contributed by atoms with Crippen LogP contribution in [0.3, 0.4) is 0 Å². The molecule has 27 heteroatoms. The number of nitrogens with one attached hydrogen (secondary N) is 3. The number of nitrogens with zero attached hydrogens (tertiary/aromatic N) is 6. The minimum Gasteiger partial charge on any atom is -0.471 e. The van der Waals surface area contributed by atoms with Gasteiger partial charge in [-0.05, 0) is 60.1 Å². The molecule has 2 aliphatic heterocycles. The first-order valence-corrected chi connectivity index (χ1v) is 28.2. The number of likely N-dealkylation sites (tertiary alicyclic amines) is 2. The summed E-state index contributed by atoms with van der Waals surface area (Å²) in [5.74, 6) is -3.65. The molecule has 0 radical (unpaired) electrons. The summed E-state index contributed by atoms with van der Waals surface area (Å²) in [5, 5.41) is 19.0. The van der Waals surface area contributed by atoms with Crippen molar-refractivity contribution in [3.8, 4) is 33.3 Å². The third kappa shape index (κ3) is 19.0. The lowest BCUT2D eigenvalue weighted by atomic mass is 9.85. The smallest absolute Gasteiger partial charge is 0.471 e. The number of unbranched alkanes of at least 4 members (excludes halogenated alkanes) is 1. The van der Waals surface area contributed by atoms with Gasteiger partial charge in [-0.2, -0.15) is 0 Å². The lowest BCUT2D eigenvalue weighted by Gasteiger charge is -2.35. The molecule has 84 heavy (non-hydrogen) atoms. The van der Waals surface area contributed by atoms with E-state index in [0.717, 1.165) is 33.8 Å². The van der Waals surface area contributed by atoms with Gasteiger partial charge in [0.2, 0.25) is 35.4 Å². The average Bonchev–Trinajstić information content (AvgIpc) is 4.36. The monoisotopic (exact) mass is 1190 g/mol. The van der Waals surface area contributed by atoms with Crippen molar-refractivity contribution in [1.82, 2.24) is 45.3 Å². The first-order valence-electron chi connectivity index (χ1n) is 27.3. The number of aryl methyl sites for hydroxylation is 2. The van der Waals surface area contributed by atoms with Gasteiger partial charge in [0.1, 0.15) is 42.7 Å². The Morgan fingerprint density at radius 1 is 0.857 bits per heavy atom. The molecule has 2 aromatic carbocycles. The maximum atomic E-state index is 15.4. The third-order valence-electron chi connectivity index (χ3n) is 13.7. The number of aromatic nitrogens is 4. The highest BCUT2D eigenvalue weighted by atomic mass is 32.1. The van der Waals surface area contributed by atoms with E-state index in [2.05, 4.69) is 35.6 Å². The van der Waals surface area contributed by atoms with Crippen molar-refractivity contribution in [3.63, 3.8) is 0 Å². The number of primary amides is 1. The van der Waals surface area contributed by atoms with Crippen molar-refractivity contribution >= 4 is 46.8 Å². The number of halogens is 4. The molecular weight excluding hydrogens is 1120 g/mol. The zero-order valence-electron chi connectivity index (χ0n) is 47.0. The van der Waals surface area contributed by atoms with E-state index in [4.69, 9.17) is 24.7 Å². The summed E-state index contributed by atoms with van der Waals surface area (Å²) in [5.41, 5.74) is 10.8. The fourth-order valence-electron chi connectivity index (χ4n) is 9.32. The Bertz CT molecular complexity index is 3030. The number of carbonyl (C=O) groups is 6. The van der Waals surface area contributed by atoms with Crippen LogP contribution in [0.25, 0.3) is 21.7 Å². The molecule has 0 aliphatic carbocycles. The SMILES string of the molecule is Cc1ncsc1-c1ccc(CNC(=O)[C@@H]2C[C@@H](O)CN2C(=O)[C@@H](NC(=O)COCCOCCOCC(=O)NCCCCn2cnc(-c3cnc(O[C@@H]4CCN(C(=O)Cc5ccc(OC(F)(F)F)cc5)C[C@H]4F)c(C(N)=O)c3)c2)C(C)(C)C)cc1. The van der Waals surface area contributed by atoms with Gasteiger partial charge >= 0.3 is 6.36 Å². The Labute approximate surface area is 486 Å². The highest BCUT2D eigenvalue weighted by molar-refractivity contribution is 7.13. The second kappa shape index (κ2) is 29.8. The number of thiazole rings is 1. The zero-order valence-corrected chi connectivity index (χ0v) is 47.8. The number of pyridine rings is 1. The number of nitrogens with two attached hydrogens (primary N) is 1. The molecule has 2 saturated heterocycles. The van der Waals surface area contributed by atoms with Crippen molar-refractivity contribution in [2.75, 3.05) is 65.8 Å². The Kier molecular flexibility index (Phi) is 22.7. The molecule has 5 heterocycles. The van der Waals surface area contributed by atoms with Crippen LogP contribution < -0.4 is 31.2 Å². The van der Waals surface area contributed by atoms with Crippen LogP contribution in [-0.2, 0) is 57.7 Å². The second-order valence-corrected chi connectivity index (χ2v) is 22.2. The molecular formula is C57H70F4N10O12S. The van der Waals surface area contributed by atoms with Gasteiger partial charge in [-0.1, -0.05) is 57.2 Å². The number of aliphatic hydroxyl groups excluding tert-OH is 1. The Balaban J connectivity index is 0.725. The Morgan fingerprint density at radius 2 is 1.55 bits per heavy atom. The molecule has 5 aromatic rings. The van der Waals surface area contributed by atoms with Gasteiger partial charge in [0.05, 0.1) is 73.6 Å². The number of rotatable bonds is 28. The summed E-state index contributed by atoms with van der Waals surface area (Å²) in [7, 11) is 0. The van der Waals surface area contributed by atoms with E-state index in [-0.39, 0.29) is 102 Å². The number of alkyl halides is 4. The standard InChI is InChI=1S/C57H70F4N10O12S/c1-35-50(84-34-67-35)38-11-7-37(8-12-38)26-64-53(77)45-25-40(72)28-71(45)55(78)51(56(2,3)4)68-48(74)32-81-22-20-79-19-21-80-31-47(73)63-16-5-6-17-69-30-44(66-33-69)39-24-42(52(62)76)54(65-27-39)82-46-15-18-70(29-43(46)58)49(75)23-36-9-13-41(14-10-36)83-57(59,60)61/h7-14,24,27,30,33-34,40,43,45-46,51,72H,5-6,15-23,25-26,28-29,31-32H2,1-4H3,(H2,62,76)(H,63,73)(H,64,77)(H,68,74)/t40-,43-,45+,46-,51-/m1/s1. The number of hydrogen-bond donors (Lipinski definition) is 5. The van der Waals surface area contributed by atoms with Gasteiger partial charge in [0.15, 0.2) is 6.17 Å². The Hall–Kier alpha value is -7.59. The number of ether oxygens (including phenoxy) is 5. The van der Waals surface area contributed by atoms with Gasteiger partial charge in [-0.15, -0.1) is 24.5 Å². The van der Waals surface area contributed by atoms with Crippen LogP contribution in [0, 0.1) is 12.3 Å². The molecule has 7 rings (SSSR count). The number of amides is 6. The summed E-state index contributed by atoms with van der Waals surface area (Å²) in [6.45, 7) is 8.19. The largest absolute Gasteiger partial charge is 0.573 e. The summed E-state index contributed by atoms with van der Waals surface area (Å²) in [4.78, 5) is 94.8. The first kappa shape index (κ1) is 64.0. The number of aliphatic hydroxyl groups is 1. The molecule has 2 fully saturated rings. The molecule has 0 spiro atoms. The average molecular weight is 1200 g/mol. The lowest BCUT2D eigenvalue weighted by Crippen LogP contribution is -2.58. The Morgan fingerprint density at radius 3 is 2.20 bits per heavy atom. The van der Waals surface area contributed by atoms with Gasteiger partial charge in [0.25, 0.3) is 5.91 Å². The fourth-order valence-corrected chi connectivity index (χ4v) is 10.1. The number of piperidine rings is 1. The summed E-state index contributed by atoms with van der Waals surface area (Å²) in [6, 6.07) is 12.1. The zero-order chi connectivity index (χ0) is 60.6. The van der Waals surface area contributed by atoms with E-state index in [1.54, 1.807) is 50.1 Å². The van der Waals surface area contributed by atoms with Crippen molar-refractivity contribution in [2.45, 2.75) is 110 Å². The number of β-amino-alcohol motifs (C(OH)–C–C–N with tert-alkyl or cyclic N) is 1. The summed E-state index contributed by atoms with van der Waals surface area (Å²) in [6.07, 6.45) is -2.41. The molecule has 3 aromatic heterocycles. The molecule has 2 aliphatic rings. The first-order chi connectivity index (χ1) is 40.0. The van der Waals surface area contributed by atoms with E-state index in [0.29, 0.717) is 42.8 Å². The maximum Gasteiger partial charge on any atom is 0.573 e. The van der Waals surface area contributed by atoms with E-state index in [1.165, 1.54) is 34.2 Å². The van der Waals surface area contributed by atoms with Crippen molar-refractivity contribution in [1.29, 1.82) is 0 Å². The minimum absolute atomic E-state index is 0.0565. The van der Waals surface area contributed by atoms with Crippen molar-refractivity contribution < 1.29 is 75.1 Å². The minimum atomic E-state index is -4.85. The highest BCUT2D eigenvalue weighted by Crippen LogP contribution is 2.31. The predicted octanol–water partition coefficient (Wildman–Crippen LogP) is 4.69. The van der Waals surface area contributed by atoms with Crippen LogP contribution in [0.5, 0.6) is 11.6 Å². The second-order valence-electron chi connectivity index (χ2n) is 21.3. The van der Waals surface area contributed by atoms with Gasteiger partial charge < -0.3 is 64.8 Å². The quantitative estimate of drug-likeness (QED) is 0.0336. The molecule has 0 bridgehead atoms. The third-order valence-corrected chi connectivity index (χ3v) is 14.7. The van der Waals surface area contributed by atoms with Crippen LogP contribution >= 0.6 is 11.3 Å². The van der Waals surface area contributed by atoms with E-state index < -0.39 is 77.5 Å². The summed E-state index contributed by atoms with van der Waals surface area (Å²) < 4.78 is 80.8. The fraction of sp³-hybridized carbons (Fsp3) is 0.491. The summed E-state index contributed by atoms with van der Waals surface area (Å²) >= 11 is 1.55. The number of carbonyl (C=O) groups excluding carboxylic acids is 6. The highest BCUT2D eigenvalue weighted by Gasteiger charge is 2.44. The van der Waals surface area contributed by atoms with Gasteiger partial charge in [-0.3, -0.25) is 28.8 Å². The number of benzene rings is 2. The van der Waals surface area contributed by atoms with E-state index in [9.17, 15) is 47.0 Å². The van der Waals surface area contributed by atoms with E-state index in [1.807, 2.05) is 35.8 Å². The molecule has 0 saturated carbocycles. The van der Waals surface area contributed by atoms with Crippen LogP contribution in [0.2, 0.25) is 0 Å². The lowest BCUT2D eigenvalue weighted by molar-refractivity contribution is -0.274. The van der Waals surface area contributed by atoms with Crippen LogP contribution in [-0.4, -0.2) is 173 Å². The van der Waals surface area contributed by atoms with Crippen molar-refractivity contribution in [3.05, 3.63) is 101 Å². The maximum absolute atomic E-state index is 15.4. The molecule has 6 amide bonds. The van der Waals surface area contributed by atoms with Crippen molar-refractivity contribution in [2.24, 2.45) is 11.1 Å². The predicted molar refractivity (Wildman–Crippen MR) is 298 cm³/mol. The van der Waals surface area contributed by atoms with Crippen LogP contribution in [0.1, 0.15) is 73.6 Å². The molecule has 454 valence electrons.